The molecular weight excluding hydrogens is 438 g/mol. The highest BCUT2D eigenvalue weighted by atomic mass is 16.5. The van der Waals surface area contributed by atoms with Crippen LogP contribution in [0.4, 0.5) is 5.69 Å². The van der Waals surface area contributed by atoms with Gasteiger partial charge in [-0.15, -0.1) is 0 Å². The maximum Gasteiger partial charge on any atom is 0.294 e. The van der Waals surface area contributed by atoms with Gasteiger partial charge in [0.15, 0.2) is 11.5 Å². The lowest BCUT2D eigenvalue weighted by atomic mass is 9.93. The maximum atomic E-state index is 13.5. The van der Waals surface area contributed by atoms with Gasteiger partial charge in [-0.25, -0.2) is 0 Å². The van der Waals surface area contributed by atoms with Crippen molar-refractivity contribution in [3.63, 3.8) is 0 Å². The molecular formula is C30H31NO4. The van der Waals surface area contributed by atoms with E-state index in [9.17, 15) is 14.7 Å². The molecule has 4 rings (SSSR count). The first-order valence-corrected chi connectivity index (χ1v) is 12.0. The average Bonchev–Trinajstić information content (AvgIpc) is 3.13. The second kappa shape index (κ2) is 10.6. The first kappa shape index (κ1) is 24.3. The molecule has 1 N–H and O–H groups in total. The fourth-order valence-electron chi connectivity index (χ4n) is 4.25. The summed E-state index contributed by atoms with van der Waals surface area (Å²) in [6.45, 7) is 6.67. The molecule has 5 heteroatoms. The number of rotatable bonds is 9. The smallest absolute Gasteiger partial charge is 0.294 e. The van der Waals surface area contributed by atoms with Crippen molar-refractivity contribution in [3.8, 4) is 5.75 Å². The monoisotopic (exact) mass is 469 g/mol. The maximum absolute atomic E-state index is 13.5. The van der Waals surface area contributed by atoms with Gasteiger partial charge in [-0.3, -0.25) is 14.5 Å². The molecule has 1 atom stereocenters. The first-order chi connectivity index (χ1) is 16.8. The minimum Gasteiger partial charge on any atom is -0.503 e. The Labute approximate surface area is 206 Å². The first-order valence-electron chi connectivity index (χ1n) is 12.0. The number of hydrogen-bond donors (Lipinski definition) is 1. The van der Waals surface area contributed by atoms with E-state index in [1.807, 2.05) is 85.8 Å². The van der Waals surface area contributed by atoms with E-state index in [4.69, 9.17) is 4.74 Å². The fraction of sp³-hybridized carbons (Fsp3) is 0.267. The van der Waals surface area contributed by atoms with Gasteiger partial charge in [-0.1, -0.05) is 74.0 Å². The van der Waals surface area contributed by atoms with Crippen LogP contribution in [0.5, 0.6) is 5.75 Å². The minimum absolute atomic E-state index is 0.132. The Hall–Kier alpha value is -3.86. The van der Waals surface area contributed by atoms with Crippen molar-refractivity contribution in [1.29, 1.82) is 0 Å². The van der Waals surface area contributed by atoms with E-state index in [2.05, 4.69) is 13.8 Å². The van der Waals surface area contributed by atoms with Gasteiger partial charge < -0.3 is 9.84 Å². The number of anilines is 1. The van der Waals surface area contributed by atoms with Crippen LogP contribution in [0, 0.1) is 12.8 Å². The van der Waals surface area contributed by atoms with Gasteiger partial charge in [0.25, 0.3) is 5.91 Å². The third-order valence-electron chi connectivity index (χ3n) is 6.06. The van der Waals surface area contributed by atoms with E-state index in [0.29, 0.717) is 35.9 Å². The molecule has 1 amide bonds. The number of carbonyl (C=O) groups excluding carboxylic acids is 2. The molecule has 0 spiro atoms. The molecule has 3 aromatic carbocycles. The highest BCUT2D eigenvalue weighted by molar-refractivity contribution is 6.16. The zero-order valence-corrected chi connectivity index (χ0v) is 20.4. The molecule has 0 fully saturated rings. The second-order valence-corrected chi connectivity index (χ2v) is 9.36. The van der Waals surface area contributed by atoms with Crippen molar-refractivity contribution in [2.75, 3.05) is 11.5 Å². The molecule has 0 saturated carbocycles. The third kappa shape index (κ3) is 5.46. The number of hydrogen-bond acceptors (Lipinski definition) is 4. The molecule has 0 bridgehead atoms. The number of ether oxygens (including phenoxy) is 1. The fourth-order valence-corrected chi connectivity index (χ4v) is 4.25. The van der Waals surface area contributed by atoms with Crippen LogP contribution in [0.1, 0.15) is 43.0 Å². The van der Waals surface area contributed by atoms with Gasteiger partial charge in [0, 0.05) is 12.1 Å². The largest absolute Gasteiger partial charge is 0.503 e. The molecule has 0 radical (unpaired) electrons. The number of Topliss-reactive ketones (excluding diaryl/α,β-unsaturated/α-hetero) is 1. The summed E-state index contributed by atoms with van der Waals surface area (Å²) in [5, 5.41) is 10.9. The predicted octanol–water partition coefficient (Wildman–Crippen LogP) is 6.13. The van der Waals surface area contributed by atoms with E-state index in [1.165, 1.54) is 4.90 Å². The van der Waals surface area contributed by atoms with Gasteiger partial charge in [0.1, 0.15) is 5.75 Å². The van der Waals surface area contributed by atoms with Crippen LogP contribution in [0.2, 0.25) is 0 Å². The van der Waals surface area contributed by atoms with Crippen molar-refractivity contribution in [1.82, 2.24) is 0 Å². The van der Waals surface area contributed by atoms with Crippen molar-refractivity contribution in [2.24, 2.45) is 5.92 Å². The number of aliphatic hydroxyl groups excluding tert-OH is 1. The van der Waals surface area contributed by atoms with Crippen molar-refractivity contribution >= 4 is 17.4 Å². The van der Waals surface area contributed by atoms with Gasteiger partial charge >= 0.3 is 0 Å². The van der Waals surface area contributed by atoms with Gasteiger partial charge in [0.05, 0.1) is 18.2 Å². The summed E-state index contributed by atoms with van der Waals surface area (Å²) >= 11 is 0. The summed E-state index contributed by atoms with van der Waals surface area (Å²) in [4.78, 5) is 28.3. The molecule has 0 aromatic heterocycles. The Morgan fingerprint density at radius 2 is 1.71 bits per heavy atom. The molecule has 180 valence electrons. The Balaban J connectivity index is 1.71. The molecule has 3 aromatic rings. The standard InChI is InChI=1S/C30H31NO4/c1-20(2)19-35-25-11-7-10-23(18-25)28-27(26(32)17-14-22-8-5-4-6-9-22)29(33)30(34)31(28)24-15-12-21(3)13-16-24/h4-13,15-16,18,20,28,33H,14,17,19H2,1-3H3. The summed E-state index contributed by atoms with van der Waals surface area (Å²) in [5.41, 5.74) is 3.55. The Morgan fingerprint density at radius 1 is 1.00 bits per heavy atom. The lowest BCUT2D eigenvalue weighted by Gasteiger charge is -2.27. The molecule has 1 unspecified atom stereocenters. The van der Waals surface area contributed by atoms with E-state index >= 15 is 0 Å². The summed E-state index contributed by atoms with van der Waals surface area (Å²) in [7, 11) is 0. The molecule has 1 heterocycles. The summed E-state index contributed by atoms with van der Waals surface area (Å²) in [6.07, 6.45) is 0.720. The second-order valence-electron chi connectivity index (χ2n) is 9.36. The van der Waals surface area contributed by atoms with Crippen LogP contribution in [0.15, 0.2) is 90.2 Å². The minimum atomic E-state index is -0.740. The highest BCUT2D eigenvalue weighted by Gasteiger charge is 2.44. The predicted molar refractivity (Wildman–Crippen MR) is 138 cm³/mol. The summed E-state index contributed by atoms with van der Waals surface area (Å²) < 4.78 is 5.91. The average molecular weight is 470 g/mol. The van der Waals surface area contributed by atoms with Crippen molar-refractivity contribution in [3.05, 3.63) is 107 Å². The zero-order valence-electron chi connectivity index (χ0n) is 20.4. The number of aryl methyl sites for hydroxylation is 2. The van der Waals surface area contributed by atoms with E-state index in [-0.39, 0.29) is 17.8 Å². The number of amides is 1. The number of carbonyl (C=O) groups is 2. The zero-order chi connectivity index (χ0) is 24.9. The quantitative estimate of drug-likeness (QED) is 0.409. The van der Waals surface area contributed by atoms with Crippen LogP contribution < -0.4 is 9.64 Å². The topological polar surface area (TPSA) is 66.8 Å². The van der Waals surface area contributed by atoms with Crippen LogP contribution in [-0.2, 0) is 16.0 Å². The Morgan fingerprint density at radius 3 is 2.40 bits per heavy atom. The molecule has 1 aliphatic heterocycles. The molecule has 1 aliphatic rings. The van der Waals surface area contributed by atoms with E-state index in [0.717, 1.165) is 11.1 Å². The molecule has 5 nitrogen and oxygen atoms in total. The van der Waals surface area contributed by atoms with Crippen molar-refractivity contribution in [2.45, 2.75) is 39.7 Å². The number of benzene rings is 3. The number of aliphatic hydroxyl groups is 1. The van der Waals surface area contributed by atoms with Crippen molar-refractivity contribution < 1.29 is 19.4 Å². The van der Waals surface area contributed by atoms with Gasteiger partial charge in [-0.05, 0) is 54.7 Å². The van der Waals surface area contributed by atoms with Crippen LogP contribution in [-0.4, -0.2) is 23.4 Å². The molecule has 0 aliphatic carbocycles. The van der Waals surface area contributed by atoms with E-state index in [1.54, 1.807) is 0 Å². The highest BCUT2D eigenvalue weighted by Crippen LogP contribution is 2.42. The Kier molecular flexibility index (Phi) is 7.35. The SMILES string of the molecule is Cc1ccc(N2C(=O)C(O)=C(C(=O)CCc3ccccc3)C2c2cccc(OCC(C)C)c2)cc1. The molecule has 0 saturated heterocycles. The normalized spacial score (nSPS) is 15.7. The van der Waals surface area contributed by atoms with Gasteiger partial charge in [-0.2, -0.15) is 0 Å². The van der Waals surface area contributed by atoms with Crippen LogP contribution in [0.25, 0.3) is 0 Å². The van der Waals surface area contributed by atoms with E-state index < -0.39 is 17.7 Å². The Bertz CT molecular complexity index is 1230. The van der Waals surface area contributed by atoms with Gasteiger partial charge in [0.2, 0.25) is 0 Å². The van der Waals surface area contributed by atoms with Crippen LogP contribution >= 0.6 is 0 Å². The number of ketones is 1. The summed E-state index contributed by atoms with van der Waals surface area (Å²) in [5.74, 6) is -0.282. The van der Waals surface area contributed by atoms with Crippen LogP contribution in [0.3, 0.4) is 0 Å². The third-order valence-corrected chi connectivity index (χ3v) is 6.06. The summed E-state index contributed by atoms with van der Waals surface area (Å²) in [6, 6.07) is 23.9. The lowest BCUT2D eigenvalue weighted by Crippen LogP contribution is -2.31. The lowest BCUT2D eigenvalue weighted by molar-refractivity contribution is -0.118. The molecule has 35 heavy (non-hydrogen) atoms. The number of nitrogens with zero attached hydrogens (tertiary/aromatic N) is 1.